The summed E-state index contributed by atoms with van der Waals surface area (Å²) >= 11 is 0. The van der Waals surface area contributed by atoms with Gasteiger partial charge in [-0.3, -0.25) is 4.79 Å². The molecule has 1 aromatic heterocycles. The van der Waals surface area contributed by atoms with Crippen LogP contribution >= 0.6 is 0 Å². The molecule has 0 bridgehead atoms. The first-order valence-corrected chi connectivity index (χ1v) is 10.7. The first kappa shape index (κ1) is 20.2. The molecular formula is C25H28N2O3. The lowest BCUT2D eigenvalue weighted by atomic mass is 9.86. The Labute approximate surface area is 177 Å². The number of aromatic nitrogens is 1. The van der Waals surface area contributed by atoms with Gasteiger partial charge in [0.1, 0.15) is 23.8 Å². The standard InChI is InChI=1S/C25H28N2O3/c1-17-8-6-7-11-22(17)26-24(28)19-12-14-20(15-13-19)25-27-23(18(2)30-25)16-29-21-9-4-3-5-10-21/h3-5,9-10,12-15,17,22H,6-8,11,16H2,1-2H3,(H,26,28)/t17-,22-/m1/s1. The van der Waals surface area contributed by atoms with E-state index in [9.17, 15) is 4.79 Å². The summed E-state index contributed by atoms with van der Waals surface area (Å²) in [6.45, 7) is 4.45. The van der Waals surface area contributed by atoms with Crippen LogP contribution in [0.2, 0.25) is 0 Å². The van der Waals surface area contributed by atoms with Crippen LogP contribution in [0.15, 0.2) is 59.0 Å². The number of amides is 1. The lowest BCUT2D eigenvalue weighted by Gasteiger charge is -2.29. The van der Waals surface area contributed by atoms with E-state index >= 15 is 0 Å². The average Bonchev–Trinajstić information content (AvgIpc) is 3.15. The van der Waals surface area contributed by atoms with Crippen molar-refractivity contribution in [3.8, 4) is 17.2 Å². The molecule has 156 valence electrons. The van der Waals surface area contributed by atoms with E-state index in [2.05, 4.69) is 17.2 Å². The highest BCUT2D eigenvalue weighted by atomic mass is 16.5. The maximum atomic E-state index is 12.6. The SMILES string of the molecule is Cc1oc(-c2ccc(C(=O)N[C@@H]3CCCC[C@H]3C)cc2)nc1COc1ccccc1. The van der Waals surface area contributed by atoms with Gasteiger partial charge in [-0.25, -0.2) is 4.98 Å². The summed E-state index contributed by atoms with van der Waals surface area (Å²) in [5.74, 6) is 2.58. The molecule has 1 aliphatic rings. The maximum absolute atomic E-state index is 12.6. The Morgan fingerprint density at radius 1 is 1.10 bits per heavy atom. The van der Waals surface area contributed by atoms with E-state index in [0.29, 0.717) is 24.0 Å². The number of nitrogens with zero attached hydrogens (tertiary/aromatic N) is 1. The molecule has 2 aromatic carbocycles. The van der Waals surface area contributed by atoms with Crippen LogP contribution in [-0.2, 0) is 6.61 Å². The molecule has 1 heterocycles. The van der Waals surface area contributed by atoms with Gasteiger partial charge in [0.2, 0.25) is 5.89 Å². The predicted octanol–water partition coefficient (Wildman–Crippen LogP) is 5.54. The summed E-state index contributed by atoms with van der Waals surface area (Å²) in [5.41, 5.74) is 2.26. The molecule has 1 N–H and O–H groups in total. The number of hydrogen-bond acceptors (Lipinski definition) is 4. The van der Waals surface area contributed by atoms with Crippen molar-refractivity contribution in [2.24, 2.45) is 5.92 Å². The van der Waals surface area contributed by atoms with Gasteiger partial charge < -0.3 is 14.5 Å². The molecule has 4 rings (SSSR count). The lowest BCUT2D eigenvalue weighted by Crippen LogP contribution is -2.41. The Morgan fingerprint density at radius 3 is 2.57 bits per heavy atom. The molecular weight excluding hydrogens is 376 g/mol. The average molecular weight is 405 g/mol. The van der Waals surface area contributed by atoms with E-state index < -0.39 is 0 Å². The van der Waals surface area contributed by atoms with Gasteiger partial charge in [-0.1, -0.05) is 38.0 Å². The van der Waals surface area contributed by atoms with Crippen molar-refractivity contribution < 1.29 is 13.9 Å². The minimum atomic E-state index is -0.0131. The van der Waals surface area contributed by atoms with E-state index in [0.717, 1.165) is 29.2 Å². The van der Waals surface area contributed by atoms with Crippen LogP contribution in [0.5, 0.6) is 5.75 Å². The van der Waals surface area contributed by atoms with Gasteiger partial charge in [0, 0.05) is 17.2 Å². The van der Waals surface area contributed by atoms with Crippen molar-refractivity contribution in [1.82, 2.24) is 10.3 Å². The number of hydrogen-bond donors (Lipinski definition) is 1. The van der Waals surface area contributed by atoms with Crippen LogP contribution in [0.1, 0.15) is 54.4 Å². The number of carbonyl (C=O) groups excluding carboxylic acids is 1. The smallest absolute Gasteiger partial charge is 0.251 e. The molecule has 1 saturated carbocycles. The Bertz CT molecular complexity index is 979. The van der Waals surface area contributed by atoms with Gasteiger partial charge in [0.25, 0.3) is 5.91 Å². The third-order valence-electron chi connectivity index (χ3n) is 5.83. The number of benzene rings is 2. The summed E-state index contributed by atoms with van der Waals surface area (Å²) in [7, 11) is 0. The van der Waals surface area contributed by atoms with E-state index in [4.69, 9.17) is 9.15 Å². The lowest BCUT2D eigenvalue weighted by molar-refractivity contribution is 0.0910. The van der Waals surface area contributed by atoms with E-state index in [1.165, 1.54) is 19.3 Å². The third-order valence-corrected chi connectivity index (χ3v) is 5.83. The predicted molar refractivity (Wildman–Crippen MR) is 116 cm³/mol. The number of aryl methyl sites for hydroxylation is 1. The number of ether oxygens (including phenoxy) is 1. The minimum Gasteiger partial charge on any atom is -0.487 e. The quantitative estimate of drug-likeness (QED) is 0.586. The van der Waals surface area contributed by atoms with Crippen molar-refractivity contribution in [3.63, 3.8) is 0 Å². The molecule has 1 fully saturated rings. The summed E-state index contributed by atoms with van der Waals surface area (Å²) < 4.78 is 11.6. The monoisotopic (exact) mass is 404 g/mol. The second-order valence-corrected chi connectivity index (χ2v) is 8.04. The van der Waals surface area contributed by atoms with Crippen LogP contribution in [0.25, 0.3) is 11.5 Å². The van der Waals surface area contributed by atoms with E-state index in [-0.39, 0.29) is 11.9 Å². The molecule has 2 atom stereocenters. The van der Waals surface area contributed by atoms with Gasteiger partial charge in [0.15, 0.2) is 0 Å². The van der Waals surface area contributed by atoms with Crippen molar-refractivity contribution in [2.45, 2.75) is 52.2 Å². The molecule has 0 spiro atoms. The summed E-state index contributed by atoms with van der Waals surface area (Å²) in [6.07, 6.45) is 4.70. The number of oxazole rings is 1. The normalized spacial score (nSPS) is 18.7. The molecule has 5 heteroatoms. The summed E-state index contributed by atoms with van der Waals surface area (Å²) in [5, 5.41) is 3.20. The van der Waals surface area contributed by atoms with Gasteiger partial charge in [-0.05, 0) is 62.1 Å². The van der Waals surface area contributed by atoms with Crippen molar-refractivity contribution in [2.75, 3.05) is 0 Å². The zero-order chi connectivity index (χ0) is 20.9. The van der Waals surface area contributed by atoms with Gasteiger partial charge in [-0.2, -0.15) is 0 Å². The Morgan fingerprint density at radius 2 is 1.83 bits per heavy atom. The Hall–Kier alpha value is -3.08. The second-order valence-electron chi connectivity index (χ2n) is 8.04. The number of carbonyl (C=O) groups is 1. The molecule has 30 heavy (non-hydrogen) atoms. The molecule has 0 unspecified atom stereocenters. The van der Waals surface area contributed by atoms with Crippen molar-refractivity contribution >= 4 is 5.91 Å². The Kier molecular flexibility index (Phi) is 6.17. The fraction of sp³-hybridized carbons (Fsp3) is 0.360. The topological polar surface area (TPSA) is 64.4 Å². The number of para-hydroxylation sites is 1. The molecule has 1 amide bonds. The van der Waals surface area contributed by atoms with Crippen LogP contribution in [0.3, 0.4) is 0 Å². The highest BCUT2D eigenvalue weighted by molar-refractivity contribution is 5.94. The molecule has 5 nitrogen and oxygen atoms in total. The van der Waals surface area contributed by atoms with Crippen LogP contribution in [0, 0.1) is 12.8 Å². The summed E-state index contributed by atoms with van der Waals surface area (Å²) in [6, 6.07) is 17.3. The maximum Gasteiger partial charge on any atom is 0.251 e. The molecule has 3 aromatic rings. The minimum absolute atomic E-state index is 0.0131. The van der Waals surface area contributed by atoms with Crippen molar-refractivity contribution in [1.29, 1.82) is 0 Å². The zero-order valence-electron chi connectivity index (χ0n) is 17.6. The van der Waals surface area contributed by atoms with Crippen LogP contribution in [0.4, 0.5) is 0 Å². The van der Waals surface area contributed by atoms with Gasteiger partial charge >= 0.3 is 0 Å². The van der Waals surface area contributed by atoms with Crippen molar-refractivity contribution in [3.05, 3.63) is 71.6 Å². The first-order valence-electron chi connectivity index (χ1n) is 10.7. The highest BCUT2D eigenvalue weighted by Gasteiger charge is 2.23. The summed E-state index contributed by atoms with van der Waals surface area (Å²) in [4.78, 5) is 17.2. The molecule has 0 radical (unpaired) electrons. The fourth-order valence-electron chi connectivity index (χ4n) is 3.90. The molecule has 1 aliphatic carbocycles. The van der Waals surface area contributed by atoms with Gasteiger partial charge in [-0.15, -0.1) is 0 Å². The van der Waals surface area contributed by atoms with Gasteiger partial charge in [0.05, 0.1) is 0 Å². The fourth-order valence-corrected chi connectivity index (χ4v) is 3.90. The highest BCUT2D eigenvalue weighted by Crippen LogP contribution is 2.25. The number of rotatable bonds is 6. The largest absolute Gasteiger partial charge is 0.487 e. The van der Waals surface area contributed by atoms with Crippen LogP contribution in [-0.4, -0.2) is 16.9 Å². The Balaban J connectivity index is 1.40. The first-order chi connectivity index (χ1) is 14.6. The van der Waals surface area contributed by atoms with Crippen LogP contribution < -0.4 is 10.1 Å². The molecule has 0 saturated heterocycles. The second kappa shape index (κ2) is 9.16. The van der Waals surface area contributed by atoms with E-state index in [1.807, 2.05) is 61.5 Å². The zero-order valence-corrected chi connectivity index (χ0v) is 17.6. The third kappa shape index (κ3) is 4.73. The number of nitrogens with one attached hydrogen (secondary N) is 1. The molecule has 0 aliphatic heterocycles. The van der Waals surface area contributed by atoms with E-state index in [1.54, 1.807) is 0 Å².